The fraction of sp³-hybridized carbons (Fsp3) is 0.264. The van der Waals surface area contributed by atoms with E-state index in [1.54, 1.807) is 23.5 Å². The van der Waals surface area contributed by atoms with Crippen LogP contribution in [0.5, 0.6) is 0 Å². The lowest BCUT2D eigenvalue weighted by Crippen LogP contribution is -2.58. The maximum absolute atomic E-state index is 15.2. The first-order chi connectivity index (χ1) is 31.9. The largest absolute Gasteiger partial charge is 0.353 e. The van der Waals surface area contributed by atoms with Crippen LogP contribution >= 0.6 is 36.2 Å². The Morgan fingerprint density at radius 2 is 0.723 bits per heavy atom. The number of carbonyl (C=O) groups is 3. The van der Waals surface area contributed by atoms with Gasteiger partial charge in [-0.05, 0) is 47.5 Å². The van der Waals surface area contributed by atoms with Crippen molar-refractivity contribution in [3.8, 4) is 0 Å². The van der Waals surface area contributed by atoms with E-state index in [1.165, 1.54) is 0 Å². The van der Waals surface area contributed by atoms with E-state index in [1.807, 2.05) is 123 Å². The Hall–Kier alpha value is -5.34. The summed E-state index contributed by atoms with van der Waals surface area (Å²) in [6.45, 7) is 2.07. The Morgan fingerprint density at radius 3 is 1.03 bits per heavy atom. The average molecular weight is 925 g/mol. The molecule has 3 amide bonds. The zero-order valence-electron chi connectivity index (χ0n) is 37.0. The fourth-order valence-corrected chi connectivity index (χ4v) is 11.3. The van der Waals surface area contributed by atoms with E-state index in [4.69, 9.17) is 0 Å². The molecule has 0 radical (unpaired) electrons. The number of rotatable bonds is 25. The molecular weight excluding hydrogens is 865 g/mol. The Morgan fingerprint density at radius 1 is 0.431 bits per heavy atom. The monoisotopic (exact) mass is 924 g/mol. The second-order valence-corrected chi connectivity index (χ2v) is 18.3. The molecule has 3 atom stereocenters. The maximum atomic E-state index is 15.2. The van der Waals surface area contributed by atoms with Crippen LogP contribution in [0, 0.1) is 0 Å². The van der Waals surface area contributed by atoms with E-state index in [9.17, 15) is 9.59 Å². The van der Waals surface area contributed by atoms with Crippen molar-refractivity contribution in [3.05, 3.63) is 215 Å². The third-order valence-electron chi connectivity index (χ3n) is 11.2. The smallest absolute Gasteiger partial charge is 0.244 e. The van der Waals surface area contributed by atoms with Gasteiger partial charge in [0.15, 0.2) is 0 Å². The van der Waals surface area contributed by atoms with Gasteiger partial charge in [0.2, 0.25) is 17.7 Å². The highest BCUT2D eigenvalue weighted by molar-refractivity contribution is 8.01. The Balaban J connectivity index is 1.40. The average Bonchev–Trinajstić information content (AvgIpc) is 3.36. The molecule has 0 saturated heterocycles. The summed E-state index contributed by atoms with van der Waals surface area (Å²) >= 11 is 7.69. The van der Waals surface area contributed by atoms with Crippen LogP contribution in [-0.2, 0) is 23.9 Å². The van der Waals surface area contributed by atoms with Crippen molar-refractivity contribution in [2.24, 2.45) is 0 Å². The second kappa shape index (κ2) is 25.4. The van der Waals surface area contributed by atoms with Crippen molar-refractivity contribution in [1.29, 1.82) is 0 Å². The summed E-state index contributed by atoms with van der Waals surface area (Å²) in [6, 6.07) is 58.8. The fourth-order valence-electron chi connectivity index (χ4n) is 7.91. The summed E-state index contributed by atoms with van der Waals surface area (Å²) < 4.78 is -1.53. The first-order valence-corrected chi connectivity index (χ1v) is 24.6. The van der Waals surface area contributed by atoms with Crippen LogP contribution < -0.4 is 31.9 Å². The predicted octanol–water partition coefficient (Wildman–Crippen LogP) is 6.85. The molecule has 0 aliphatic rings. The molecule has 0 saturated carbocycles. The molecule has 6 N–H and O–H groups in total. The number of thiol groups is 1. The van der Waals surface area contributed by atoms with E-state index in [2.05, 4.69) is 117 Å². The number of carbonyl (C=O) groups excluding carboxylic acids is 3. The Kier molecular flexibility index (Phi) is 19.2. The van der Waals surface area contributed by atoms with Crippen molar-refractivity contribution in [3.63, 3.8) is 0 Å². The van der Waals surface area contributed by atoms with E-state index in [0.29, 0.717) is 26.2 Å². The van der Waals surface area contributed by atoms with E-state index in [0.717, 1.165) is 33.4 Å². The van der Waals surface area contributed by atoms with Gasteiger partial charge in [0.25, 0.3) is 0 Å². The minimum Gasteiger partial charge on any atom is -0.353 e. The number of amides is 3. The van der Waals surface area contributed by atoms with Crippen LogP contribution in [0.4, 0.5) is 0 Å². The number of thioether (sulfide) groups is 2. The number of benzene rings is 6. The highest BCUT2D eigenvalue weighted by Crippen LogP contribution is 2.50. The first-order valence-electron chi connectivity index (χ1n) is 22.0. The standard InChI is InChI=1S/C53H60N6O3S3/c1-54-33-35-56-46(37-63)50(61)59-48(39-65-53(43-27-15-6-16-28-43,44-29-17-7-18-30-44)45-31-19-8-20-32-45)51(62)58-47(49(60)57-36-34-55-2)38-64-52(40-21-9-3-10-22-40,41-23-11-4-12-24-41)42-25-13-5-14-26-42/h3-32,46-48,54-56,63H,33-39H2,1-2H3,(H,57,60)(H,58,62)(H,59,61). The summed E-state index contributed by atoms with van der Waals surface area (Å²) in [7, 11) is 3.67. The van der Waals surface area contributed by atoms with Crippen molar-refractivity contribution < 1.29 is 14.4 Å². The lowest BCUT2D eigenvalue weighted by atomic mass is 9.84. The molecule has 0 aliphatic heterocycles. The molecule has 3 unspecified atom stereocenters. The molecule has 6 aromatic rings. The third kappa shape index (κ3) is 12.5. The minimum absolute atomic E-state index is 0.162. The zero-order valence-corrected chi connectivity index (χ0v) is 39.5. The third-order valence-corrected chi connectivity index (χ3v) is 14.9. The SMILES string of the molecule is CNCCNC(=O)C(CSC(c1ccccc1)(c1ccccc1)c1ccccc1)NC(=O)C(CSC(c1ccccc1)(c1ccccc1)c1ccccc1)NC(=O)C(CS)NCCNC. The molecule has 0 bridgehead atoms. The first kappa shape index (κ1) is 49.1. The Bertz CT molecular complexity index is 2140. The molecule has 0 fully saturated rings. The molecule has 0 spiro atoms. The summed E-state index contributed by atoms with van der Waals surface area (Å²) in [5.74, 6) is -0.571. The van der Waals surface area contributed by atoms with Crippen molar-refractivity contribution in [2.75, 3.05) is 57.5 Å². The second-order valence-electron chi connectivity index (χ2n) is 15.5. The summed E-state index contributed by atoms with van der Waals surface area (Å²) in [5.41, 5.74) is 6.16. The molecule has 6 rings (SSSR count). The lowest BCUT2D eigenvalue weighted by Gasteiger charge is -2.37. The van der Waals surface area contributed by atoms with Crippen LogP contribution in [0.15, 0.2) is 182 Å². The van der Waals surface area contributed by atoms with Crippen molar-refractivity contribution in [2.45, 2.75) is 27.6 Å². The number of hydrogen-bond donors (Lipinski definition) is 7. The van der Waals surface area contributed by atoms with Gasteiger partial charge in [0.05, 0.1) is 15.5 Å². The molecule has 0 aromatic heterocycles. The van der Waals surface area contributed by atoms with Crippen LogP contribution in [0.2, 0.25) is 0 Å². The van der Waals surface area contributed by atoms with Gasteiger partial charge in [-0.2, -0.15) is 12.6 Å². The molecule has 12 heteroatoms. The summed E-state index contributed by atoms with van der Waals surface area (Å²) in [6.07, 6.45) is 0. The molecule has 6 aromatic carbocycles. The molecule has 338 valence electrons. The summed E-state index contributed by atoms with van der Waals surface area (Å²) in [5, 5.41) is 18.8. The van der Waals surface area contributed by atoms with E-state index < -0.39 is 33.5 Å². The van der Waals surface area contributed by atoms with Gasteiger partial charge in [-0.25, -0.2) is 0 Å². The van der Waals surface area contributed by atoms with Crippen molar-refractivity contribution >= 4 is 53.9 Å². The normalized spacial score (nSPS) is 13.0. The van der Waals surface area contributed by atoms with E-state index >= 15 is 4.79 Å². The molecular formula is C53H60N6O3S3. The number of nitrogens with one attached hydrogen (secondary N) is 6. The van der Waals surface area contributed by atoms with Gasteiger partial charge in [-0.3, -0.25) is 14.4 Å². The minimum atomic E-state index is -1.06. The topological polar surface area (TPSA) is 123 Å². The zero-order chi connectivity index (χ0) is 45.7. The lowest BCUT2D eigenvalue weighted by molar-refractivity contribution is -0.131. The number of hydrogen-bond acceptors (Lipinski definition) is 9. The van der Waals surface area contributed by atoms with Crippen LogP contribution in [0.1, 0.15) is 33.4 Å². The summed E-state index contributed by atoms with van der Waals surface area (Å²) in [4.78, 5) is 43.8. The van der Waals surface area contributed by atoms with Gasteiger partial charge in [0, 0.05) is 43.4 Å². The molecule has 0 aliphatic carbocycles. The highest BCUT2D eigenvalue weighted by Gasteiger charge is 2.41. The Labute approximate surface area is 398 Å². The van der Waals surface area contributed by atoms with E-state index in [-0.39, 0.29) is 29.1 Å². The van der Waals surface area contributed by atoms with Crippen LogP contribution in [0.25, 0.3) is 0 Å². The quantitative estimate of drug-likeness (QED) is 0.0189. The maximum Gasteiger partial charge on any atom is 0.244 e. The van der Waals surface area contributed by atoms with Gasteiger partial charge in [-0.1, -0.05) is 182 Å². The van der Waals surface area contributed by atoms with Crippen LogP contribution in [0.3, 0.4) is 0 Å². The highest BCUT2D eigenvalue weighted by atomic mass is 32.2. The number of likely N-dealkylation sites (N-methyl/N-ethyl adjacent to an activating group) is 2. The van der Waals surface area contributed by atoms with Gasteiger partial charge < -0.3 is 31.9 Å². The predicted molar refractivity (Wildman–Crippen MR) is 274 cm³/mol. The van der Waals surface area contributed by atoms with Crippen molar-refractivity contribution in [1.82, 2.24) is 31.9 Å². The van der Waals surface area contributed by atoms with Gasteiger partial charge in [0.1, 0.15) is 12.1 Å². The molecule has 0 heterocycles. The van der Waals surface area contributed by atoms with Gasteiger partial charge in [-0.15, -0.1) is 23.5 Å². The van der Waals surface area contributed by atoms with Crippen LogP contribution in [-0.4, -0.2) is 93.4 Å². The van der Waals surface area contributed by atoms with Gasteiger partial charge >= 0.3 is 0 Å². The molecule has 9 nitrogen and oxygen atoms in total. The molecule has 65 heavy (non-hydrogen) atoms.